The molecule has 0 aliphatic carbocycles. The van der Waals surface area contributed by atoms with Crippen LogP contribution in [0.25, 0.3) is 0 Å². The van der Waals surface area contributed by atoms with Gasteiger partial charge in [-0.05, 0) is 18.1 Å². The third kappa shape index (κ3) is 3.68. The van der Waals surface area contributed by atoms with E-state index in [-0.39, 0.29) is 0 Å². The molecule has 0 atom stereocenters. The number of hydrogen-bond acceptors (Lipinski definition) is 3. The molecule has 0 aromatic carbocycles. The third-order valence-electron chi connectivity index (χ3n) is 1.13. The van der Waals surface area contributed by atoms with Crippen LogP contribution in [0.4, 0.5) is 0 Å². The first kappa shape index (κ1) is 8.94. The summed E-state index contributed by atoms with van der Waals surface area (Å²) in [6.07, 6.45) is 11.5. The van der Waals surface area contributed by atoms with E-state index in [0.717, 1.165) is 0 Å². The van der Waals surface area contributed by atoms with E-state index in [0.29, 0.717) is 5.69 Å². The smallest absolute Gasteiger partial charge is 0.134 e. The van der Waals surface area contributed by atoms with Gasteiger partial charge in [0.15, 0.2) is 0 Å². The van der Waals surface area contributed by atoms with Gasteiger partial charge in [0.25, 0.3) is 0 Å². The Morgan fingerprint density at radius 2 is 2.08 bits per heavy atom. The standard InChI is InChI=1S/C5H4N2.C4H4N2/c1-2-5-3-4-6-7-5;1-2-5-4-6-3-1/h1,3-4H,(H,6,7);1-4H. The normalized spacial score (nSPS) is 7.92. The number of rotatable bonds is 0. The molecule has 2 rings (SSSR count). The van der Waals surface area contributed by atoms with Crippen LogP contribution in [0.2, 0.25) is 0 Å². The molecule has 0 aliphatic rings. The van der Waals surface area contributed by atoms with Gasteiger partial charge < -0.3 is 0 Å². The topological polar surface area (TPSA) is 54.5 Å². The van der Waals surface area contributed by atoms with Crippen molar-refractivity contribution in [1.82, 2.24) is 20.2 Å². The molecule has 0 saturated carbocycles. The van der Waals surface area contributed by atoms with Crippen molar-refractivity contribution >= 4 is 0 Å². The van der Waals surface area contributed by atoms with Gasteiger partial charge in [-0.1, -0.05) is 0 Å². The number of hydrogen-bond donors (Lipinski definition) is 1. The zero-order chi connectivity index (χ0) is 9.36. The van der Waals surface area contributed by atoms with Gasteiger partial charge in [-0.25, -0.2) is 9.97 Å². The highest BCUT2D eigenvalue weighted by atomic mass is 15.1. The van der Waals surface area contributed by atoms with Crippen LogP contribution in [-0.2, 0) is 0 Å². The summed E-state index contributed by atoms with van der Waals surface area (Å²) in [5.74, 6) is 2.36. The highest BCUT2D eigenvalue weighted by Gasteiger charge is 1.79. The molecule has 0 amide bonds. The molecule has 2 aromatic rings. The Morgan fingerprint density at radius 3 is 2.31 bits per heavy atom. The average molecular weight is 172 g/mol. The van der Waals surface area contributed by atoms with Crippen LogP contribution in [0.5, 0.6) is 0 Å². The molecule has 2 heterocycles. The molecule has 0 radical (unpaired) electrons. The molecule has 13 heavy (non-hydrogen) atoms. The minimum Gasteiger partial charge on any atom is -0.284 e. The van der Waals surface area contributed by atoms with Crippen molar-refractivity contribution in [3.8, 4) is 12.3 Å². The van der Waals surface area contributed by atoms with Gasteiger partial charge in [0.1, 0.15) is 12.0 Å². The monoisotopic (exact) mass is 172 g/mol. The number of aromatic amines is 1. The molecule has 0 spiro atoms. The first-order chi connectivity index (χ1) is 6.43. The number of terminal acetylenes is 1. The fourth-order valence-electron chi connectivity index (χ4n) is 0.594. The second kappa shape index (κ2) is 5.49. The lowest BCUT2D eigenvalue weighted by molar-refractivity contribution is 1.08. The maximum Gasteiger partial charge on any atom is 0.134 e. The summed E-state index contributed by atoms with van der Waals surface area (Å²) >= 11 is 0. The first-order valence-corrected chi connectivity index (χ1v) is 3.60. The fourth-order valence-corrected chi connectivity index (χ4v) is 0.594. The van der Waals surface area contributed by atoms with Gasteiger partial charge in [0.05, 0.1) is 0 Å². The summed E-state index contributed by atoms with van der Waals surface area (Å²) in [4.78, 5) is 7.35. The molecule has 2 aromatic heterocycles. The summed E-state index contributed by atoms with van der Waals surface area (Å²) < 4.78 is 0. The summed E-state index contributed by atoms with van der Waals surface area (Å²) in [7, 11) is 0. The van der Waals surface area contributed by atoms with Crippen LogP contribution in [0, 0.1) is 12.3 Å². The van der Waals surface area contributed by atoms with Crippen LogP contribution in [0.15, 0.2) is 37.1 Å². The van der Waals surface area contributed by atoms with Crippen molar-refractivity contribution in [2.75, 3.05) is 0 Å². The number of aromatic nitrogens is 4. The van der Waals surface area contributed by atoms with E-state index in [1.807, 2.05) is 0 Å². The lowest BCUT2D eigenvalue weighted by Crippen LogP contribution is -1.68. The van der Waals surface area contributed by atoms with E-state index in [1.165, 1.54) is 6.33 Å². The Bertz CT molecular complexity index is 320. The molecule has 64 valence electrons. The fraction of sp³-hybridized carbons (Fsp3) is 0. The molecule has 0 aliphatic heterocycles. The molecule has 0 fully saturated rings. The third-order valence-corrected chi connectivity index (χ3v) is 1.13. The van der Waals surface area contributed by atoms with E-state index in [1.54, 1.807) is 30.7 Å². The lowest BCUT2D eigenvalue weighted by atomic mass is 10.5. The van der Waals surface area contributed by atoms with E-state index >= 15 is 0 Å². The average Bonchev–Trinajstić information content (AvgIpc) is 2.74. The van der Waals surface area contributed by atoms with Crippen LogP contribution < -0.4 is 0 Å². The predicted molar refractivity (Wildman–Crippen MR) is 48.6 cm³/mol. The Morgan fingerprint density at radius 1 is 1.31 bits per heavy atom. The molecular weight excluding hydrogens is 164 g/mol. The van der Waals surface area contributed by atoms with Crippen molar-refractivity contribution in [3.05, 3.63) is 42.7 Å². The second-order valence-corrected chi connectivity index (χ2v) is 2.01. The Hall–Kier alpha value is -2.15. The van der Waals surface area contributed by atoms with Crippen molar-refractivity contribution in [2.24, 2.45) is 0 Å². The van der Waals surface area contributed by atoms with Gasteiger partial charge in [-0.2, -0.15) is 5.10 Å². The maximum atomic E-state index is 4.96. The molecule has 4 nitrogen and oxygen atoms in total. The molecule has 0 unspecified atom stereocenters. The number of H-pyrrole nitrogens is 1. The number of nitrogens with one attached hydrogen (secondary N) is 1. The largest absolute Gasteiger partial charge is 0.284 e. The highest BCUT2D eigenvalue weighted by molar-refractivity contribution is 5.20. The quantitative estimate of drug-likeness (QED) is 0.600. The van der Waals surface area contributed by atoms with Crippen molar-refractivity contribution in [3.63, 3.8) is 0 Å². The van der Waals surface area contributed by atoms with E-state index in [4.69, 9.17) is 6.42 Å². The molecule has 0 bridgehead atoms. The van der Waals surface area contributed by atoms with E-state index in [2.05, 4.69) is 26.1 Å². The summed E-state index contributed by atoms with van der Waals surface area (Å²) in [5.41, 5.74) is 0.653. The van der Waals surface area contributed by atoms with Gasteiger partial charge in [0.2, 0.25) is 0 Å². The zero-order valence-electron chi connectivity index (χ0n) is 6.88. The zero-order valence-corrected chi connectivity index (χ0v) is 6.88. The van der Waals surface area contributed by atoms with Gasteiger partial charge >= 0.3 is 0 Å². The lowest BCUT2D eigenvalue weighted by Gasteiger charge is -1.70. The minimum absolute atomic E-state index is 0.653. The van der Waals surface area contributed by atoms with Gasteiger partial charge in [-0.3, -0.25) is 5.10 Å². The summed E-state index contributed by atoms with van der Waals surface area (Å²) in [6.45, 7) is 0. The van der Waals surface area contributed by atoms with Crippen LogP contribution in [-0.4, -0.2) is 20.2 Å². The Labute approximate surface area is 76.1 Å². The molecule has 0 saturated heterocycles. The Kier molecular flexibility index (Phi) is 3.78. The van der Waals surface area contributed by atoms with E-state index in [9.17, 15) is 0 Å². The molecular formula is C9H8N4. The van der Waals surface area contributed by atoms with Crippen molar-refractivity contribution in [2.45, 2.75) is 0 Å². The van der Waals surface area contributed by atoms with Crippen molar-refractivity contribution in [1.29, 1.82) is 0 Å². The predicted octanol–water partition coefficient (Wildman–Crippen LogP) is 0.868. The van der Waals surface area contributed by atoms with Crippen LogP contribution in [0.3, 0.4) is 0 Å². The van der Waals surface area contributed by atoms with Crippen LogP contribution >= 0.6 is 0 Å². The van der Waals surface area contributed by atoms with Gasteiger partial charge in [-0.15, -0.1) is 6.42 Å². The highest BCUT2D eigenvalue weighted by Crippen LogP contribution is 1.83. The summed E-state index contributed by atoms with van der Waals surface area (Å²) in [6, 6.07) is 3.51. The van der Waals surface area contributed by atoms with Crippen molar-refractivity contribution < 1.29 is 0 Å². The first-order valence-electron chi connectivity index (χ1n) is 3.60. The minimum atomic E-state index is 0.653. The summed E-state index contributed by atoms with van der Waals surface area (Å²) in [5, 5.41) is 6.26. The van der Waals surface area contributed by atoms with Gasteiger partial charge in [0, 0.05) is 18.6 Å². The SMILES string of the molecule is C#Cc1cc[nH]n1.c1cncnc1. The molecule has 1 N–H and O–H groups in total. The molecule has 4 heteroatoms. The Balaban J connectivity index is 0.000000132. The number of nitrogens with zero attached hydrogens (tertiary/aromatic N) is 3. The second-order valence-electron chi connectivity index (χ2n) is 2.01. The van der Waals surface area contributed by atoms with Crippen LogP contribution in [0.1, 0.15) is 5.69 Å². The maximum absolute atomic E-state index is 4.96. The van der Waals surface area contributed by atoms with E-state index < -0.39 is 0 Å².